The molecule has 0 amide bonds. The Balaban J connectivity index is 2.39. The van der Waals surface area contributed by atoms with E-state index >= 15 is 0 Å². The highest BCUT2D eigenvalue weighted by atomic mass is 14.1. The predicted octanol–water partition coefficient (Wildman–Crippen LogP) is 4.92. The van der Waals surface area contributed by atoms with Gasteiger partial charge >= 0.3 is 0 Å². The molecular formula is C17H20. The van der Waals surface area contributed by atoms with E-state index in [0.29, 0.717) is 0 Å². The smallest absolute Gasteiger partial charge is 0.0181 e. The van der Waals surface area contributed by atoms with Crippen molar-refractivity contribution < 1.29 is 0 Å². The van der Waals surface area contributed by atoms with Gasteiger partial charge in [0, 0.05) is 0 Å². The number of hydrogen-bond acceptors (Lipinski definition) is 0. The average molecular weight is 224 g/mol. The molecule has 0 radical (unpaired) electrons. The number of hydrogen-bond donors (Lipinski definition) is 0. The van der Waals surface area contributed by atoms with Gasteiger partial charge in [-0.25, -0.2) is 0 Å². The summed E-state index contributed by atoms with van der Waals surface area (Å²) in [6, 6.07) is 15.6. The standard InChI is InChI=1S/C17H20/c1-4-5-16-12-17(11-8-14(16)3)15-9-6-13(2)7-10-15/h6-12H,4-5H2,1-3H3. The van der Waals surface area contributed by atoms with E-state index < -0.39 is 0 Å². The molecule has 0 unspecified atom stereocenters. The Morgan fingerprint density at radius 2 is 1.47 bits per heavy atom. The van der Waals surface area contributed by atoms with E-state index in [4.69, 9.17) is 0 Å². The Morgan fingerprint density at radius 1 is 0.824 bits per heavy atom. The first-order valence-electron chi connectivity index (χ1n) is 6.37. The summed E-state index contributed by atoms with van der Waals surface area (Å²) >= 11 is 0. The van der Waals surface area contributed by atoms with Gasteiger partial charge in [-0.3, -0.25) is 0 Å². The van der Waals surface area contributed by atoms with Crippen molar-refractivity contribution in [1.29, 1.82) is 0 Å². The second kappa shape index (κ2) is 5.18. The van der Waals surface area contributed by atoms with Gasteiger partial charge in [-0.2, -0.15) is 0 Å². The third kappa shape index (κ3) is 2.76. The molecule has 0 heteroatoms. The minimum Gasteiger partial charge on any atom is -0.0651 e. The monoisotopic (exact) mass is 224 g/mol. The first kappa shape index (κ1) is 11.9. The van der Waals surface area contributed by atoms with E-state index in [0.717, 1.165) is 0 Å². The molecule has 0 bridgehead atoms. The highest BCUT2D eigenvalue weighted by Gasteiger charge is 2.02. The Labute approximate surface area is 104 Å². The predicted molar refractivity (Wildman–Crippen MR) is 75.3 cm³/mol. The van der Waals surface area contributed by atoms with Gasteiger partial charge in [0.2, 0.25) is 0 Å². The van der Waals surface area contributed by atoms with Crippen molar-refractivity contribution in [2.24, 2.45) is 0 Å². The van der Waals surface area contributed by atoms with Crippen LogP contribution >= 0.6 is 0 Å². The van der Waals surface area contributed by atoms with E-state index in [1.165, 1.54) is 40.7 Å². The van der Waals surface area contributed by atoms with Gasteiger partial charge in [0.1, 0.15) is 0 Å². The Bertz CT molecular complexity index is 492. The molecule has 0 aliphatic rings. The molecule has 0 aromatic heterocycles. The summed E-state index contributed by atoms with van der Waals surface area (Å²) < 4.78 is 0. The second-order valence-corrected chi connectivity index (χ2v) is 4.76. The van der Waals surface area contributed by atoms with Crippen molar-refractivity contribution in [1.82, 2.24) is 0 Å². The van der Waals surface area contributed by atoms with Crippen LogP contribution in [0.2, 0.25) is 0 Å². The molecule has 0 nitrogen and oxygen atoms in total. The van der Waals surface area contributed by atoms with Crippen molar-refractivity contribution >= 4 is 0 Å². The molecule has 17 heavy (non-hydrogen) atoms. The zero-order valence-electron chi connectivity index (χ0n) is 11.0. The van der Waals surface area contributed by atoms with Crippen molar-refractivity contribution in [2.75, 3.05) is 0 Å². The molecule has 0 heterocycles. The molecule has 0 saturated heterocycles. The Kier molecular flexibility index (Phi) is 3.63. The highest BCUT2D eigenvalue weighted by Crippen LogP contribution is 2.23. The van der Waals surface area contributed by atoms with E-state index in [1.807, 2.05) is 0 Å². The zero-order chi connectivity index (χ0) is 12.3. The maximum Gasteiger partial charge on any atom is -0.0181 e. The van der Waals surface area contributed by atoms with E-state index in [9.17, 15) is 0 Å². The third-order valence-corrected chi connectivity index (χ3v) is 3.25. The van der Waals surface area contributed by atoms with Crippen LogP contribution in [0.25, 0.3) is 11.1 Å². The number of benzene rings is 2. The summed E-state index contributed by atoms with van der Waals surface area (Å²) in [7, 11) is 0. The largest absolute Gasteiger partial charge is 0.0651 e. The Hall–Kier alpha value is -1.56. The van der Waals surface area contributed by atoms with Gasteiger partial charge in [0.25, 0.3) is 0 Å². The maximum atomic E-state index is 2.34. The summed E-state index contributed by atoms with van der Waals surface area (Å²) in [4.78, 5) is 0. The normalized spacial score (nSPS) is 10.5. The maximum absolute atomic E-state index is 2.34. The summed E-state index contributed by atoms with van der Waals surface area (Å²) in [5.74, 6) is 0. The van der Waals surface area contributed by atoms with Crippen LogP contribution in [-0.2, 0) is 6.42 Å². The number of aryl methyl sites for hydroxylation is 3. The van der Waals surface area contributed by atoms with Gasteiger partial charge < -0.3 is 0 Å². The van der Waals surface area contributed by atoms with E-state index in [-0.39, 0.29) is 0 Å². The van der Waals surface area contributed by atoms with Gasteiger partial charge in [-0.1, -0.05) is 61.4 Å². The van der Waals surface area contributed by atoms with Crippen LogP contribution in [0.1, 0.15) is 30.0 Å². The van der Waals surface area contributed by atoms with Gasteiger partial charge in [-0.15, -0.1) is 0 Å². The fourth-order valence-electron chi connectivity index (χ4n) is 2.14. The van der Waals surface area contributed by atoms with Gasteiger partial charge in [-0.05, 0) is 42.5 Å². The van der Waals surface area contributed by atoms with Crippen LogP contribution in [0.4, 0.5) is 0 Å². The quantitative estimate of drug-likeness (QED) is 0.694. The molecule has 0 fully saturated rings. The molecule has 88 valence electrons. The first-order chi connectivity index (χ1) is 8.20. The minimum absolute atomic E-state index is 1.17. The second-order valence-electron chi connectivity index (χ2n) is 4.76. The lowest BCUT2D eigenvalue weighted by atomic mass is 9.97. The molecular weight excluding hydrogens is 204 g/mol. The van der Waals surface area contributed by atoms with E-state index in [1.54, 1.807) is 0 Å². The van der Waals surface area contributed by atoms with Crippen LogP contribution in [0, 0.1) is 13.8 Å². The topological polar surface area (TPSA) is 0 Å². The molecule has 0 N–H and O–H groups in total. The van der Waals surface area contributed by atoms with Crippen molar-refractivity contribution in [3.63, 3.8) is 0 Å². The fourth-order valence-corrected chi connectivity index (χ4v) is 2.14. The summed E-state index contributed by atoms with van der Waals surface area (Å²) in [5, 5.41) is 0. The summed E-state index contributed by atoms with van der Waals surface area (Å²) in [6.45, 7) is 6.56. The highest BCUT2D eigenvalue weighted by molar-refractivity contribution is 5.65. The van der Waals surface area contributed by atoms with E-state index in [2.05, 4.69) is 63.2 Å². The molecule has 0 aliphatic heterocycles. The van der Waals surface area contributed by atoms with Crippen LogP contribution < -0.4 is 0 Å². The van der Waals surface area contributed by atoms with Gasteiger partial charge in [0.15, 0.2) is 0 Å². The lowest BCUT2D eigenvalue weighted by molar-refractivity contribution is 0.913. The SMILES string of the molecule is CCCc1cc(-c2ccc(C)cc2)ccc1C. The Morgan fingerprint density at radius 3 is 2.12 bits per heavy atom. The minimum atomic E-state index is 1.17. The van der Waals surface area contributed by atoms with Crippen molar-refractivity contribution in [3.8, 4) is 11.1 Å². The van der Waals surface area contributed by atoms with Crippen molar-refractivity contribution in [3.05, 3.63) is 59.2 Å². The molecule has 0 saturated carbocycles. The molecule has 0 atom stereocenters. The molecule has 2 rings (SSSR count). The van der Waals surface area contributed by atoms with Crippen LogP contribution in [0.5, 0.6) is 0 Å². The lowest BCUT2D eigenvalue weighted by Gasteiger charge is -2.08. The zero-order valence-corrected chi connectivity index (χ0v) is 11.0. The third-order valence-electron chi connectivity index (χ3n) is 3.25. The lowest BCUT2D eigenvalue weighted by Crippen LogP contribution is -1.89. The first-order valence-corrected chi connectivity index (χ1v) is 6.37. The summed E-state index contributed by atoms with van der Waals surface area (Å²) in [5.41, 5.74) is 6.84. The fraction of sp³-hybridized carbons (Fsp3) is 0.294. The molecule has 0 aliphatic carbocycles. The molecule has 2 aromatic carbocycles. The number of rotatable bonds is 3. The average Bonchev–Trinajstić information content (AvgIpc) is 2.33. The summed E-state index contributed by atoms with van der Waals surface area (Å²) in [6.07, 6.45) is 2.38. The van der Waals surface area contributed by atoms with Crippen LogP contribution in [0.15, 0.2) is 42.5 Å². The van der Waals surface area contributed by atoms with Gasteiger partial charge in [0.05, 0.1) is 0 Å². The molecule has 2 aromatic rings. The van der Waals surface area contributed by atoms with Crippen LogP contribution in [0.3, 0.4) is 0 Å². The molecule has 0 spiro atoms. The van der Waals surface area contributed by atoms with Crippen LogP contribution in [-0.4, -0.2) is 0 Å². The van der Waals surface area contributed by atoms with Crippen molar-refractivity contribution in [2.45, 2.75) is 33.6 Å².